The van der Waals surface area contributed by atoms with E-state index in [1.807, 2.05) is 25.7 Å². The van der Waals surface area contributed by atoms with Gasteiger partial charge in [0, 0.05) is 31.2 Å². The molecule has 0 N–H and O–H groups in total. The van der Waals surface area contributed by atoms with E-state index < -0.39 is 27.6 Å². The molecule has 5 heterocycles. The third-order valence-electron chi connectivity index (χ3n) is 7.74. The van der Waals surface area contributed by atoms with Crippen LogP contribution in [0.1, 0.15) is 31.0 Å². The lowest BCUT2D eigenvalue weighted by Crippen LogP contribution is -2.56. The maximum absolute atomic E-state index is 15.3. The number of fused-ring (bicyclic) bond motifs is 2. The number of anilines is 1. The van der Waals surface area contributed by atoms with Crippen LogP contribution in [0.25, 0.3) is 28.0 Å². The zero-order valence-electron chi connectivity index (χ0n) is 23.5. The Morgan fingerprint density at radius 2 is 1.95 bits per heavy atom. The molecule has 0 saturated carbocycles. The van der Waals surface area contributed by atoms with E-state index in [-0.39, 0.29) is 70.7 Å². The molecule has 2 aliphatic heterocycles. The van der Waals surface area contributed by atoms with Crippen molar-refractivity contribution in [3.63, 3.8) is 0 Å². The number of aromatic nitrogens is 4. The van der Waals surface area contributed by atoms with Gasteiger partial charge in [-0.1, -0.05) is 49.7 Å². The van der Waals surface area contributed by atoms with Crippen LogP contribution in [0.5, 0.6) is 5.75 Å². The second kappa shape index (κ2) is 10.8. The summed E-state index contributed by atoms with van der Waals surface area (Å²) in [6.07, 6.45) is 1.67. The van der Waals surface area contributed by atoms with E-state index in [0.29, 0.717) is 16.8 Å². The zero-order valence-corrected chi connectivity index (χ0v) is 25.8. The maximum atomic E-state index is 15.3. The fourth-order valence-corrected chi connectivity index (χ4v) is 7.13. The second-order valence-corrected chi connectivity index (χ2v) is 13.4. The van der Waals surface area contributed by atoms with Gasteiger partial charge >= 0.3 is 5.69 Å². The molecule has 0 radical (unpaired) electrons. The average molecular weight is 646 g/mol. The van der Waals surface area contributed by atoms with E-state index >= 15 is 4.39 Å². The lowest BCUT2D eigenvalue weighted by Gasteiger charge is -2.39. The summed E-state index contributed by atoms with van der Waals surface area (Å²) < 4.78 is 49.5. The third kappa shape index (κ3) is 4.76. The van der Waals surface area contributed by atoms with Crippen LogP contribution < -0.4 is 15.3 Å². The Hall–Kier alpha value is -3.58. The van der Waals surface area contributed by atoms with Crippen molar-refractivity contribution in [1.82, 2.24) is 23.8 Å². The summed E-state index contributed by atoms with van der Waals surface area (Å²) in [6, 6.07) is 5.48. The van der Waals surface area contributed by atoms with Crippen molar-refractivity contribution in [3.05, 3.63) is 80.1 Å². The number of benzene rings is 1. The number of rotatable bonds is 5. The SMILES string of the molecule is C=CS(=O)(=O)N1CCN2c3nc(=O)n(-c4c(C)ccnc4C(C)C)c4nc(-c5c(F)cccc5Cl)c(Cl)c(c34)OCC2C1. The minimum atomic E-state index is -3.70. The molecular formula is C29H27Cl2FN6O4S. The molecule has 1 saturated heterocycles. The molecule has 14 heteroatoms. The minimum absolute atomic E-state index is 0.000154. The van der Waals surface area contributed by atoms with Gasteiger partial charge in [0.15, 0.2) is 11.4 Å². The third-order valence-corrected chi connectivity index (χ3v) is 9.87. The Balaban J connectivity index is 1.71. The predicted molar refractivity (Wildman–Crippen MR) is 164 cm³/mol. The molecule has 0 spiro atoms. The Kier molecular flexibility index (Phi) is 7.44. The van der Waals surface area contributed by atoms with Crippen molar-refractivity contribution >= 4 is 50.1 Å². The molecule has 1 unspecified atom stereocenters. The second-order valence-electron chi connectivity index (χ2n) is 10.7. The van der Waals surface area contributed by atoms with Gasteiger partial charge in [0.2, 0.25) is 10.0 Å². The van der Waals surface area contributed by atoms with Gasteiger partial charge in [-0.15, -0.1) is 0 Å². The summed E-state index contributed by atoms with van der Waals surface area (Å²) in [5.41, 5.74) is 1.30. The van der Waals surface area contributed by atoms with Gasteiger partial charge < -0.3 is 9.64 Å². The Labute approximate surface area is 257 Å². The number of pyridine rings is 2. The minimum Gasteiger partial charge on any atom is -0.489 e. The molecule has 2 aliphatic rings. The molecule has 1 fully saturated rings. The van der Waals surface area contributed by atoms with Crippen LogP contribution in [0.3, 0.4) is 0 Å². The van der Waals surface area contributed by atoms with E-state index in [0.717, 1.165) is 11.0 Å². The predicted octanol–water partition coefficient (Wildman–Crippen LogP) is 5.08. The molecule has 0 amide bonds. The van der Waals surface area contributed by atoms with Crippen molar-refractivity contribution in [2.75, 3.05) is 31.1 Å². The number of ether oxygens (including phenoxy) is 1. The normalized spacial score (nSPS) is 17.1. The fourth-order valence-electron chi connectivity index (χ4n) is 5.66. The number of sulfonamides is 1. The lowest BCUT2D eigenvalue weighted by molar-refractivity contribution is 0.240. The molecule has 224 valence electrons. The smallest absolute Gasteiger partial charge is 0.355 e. The zero-order chi connectivity index (χ0) is 30.8. The van der Waals surface area contributed by atoms with Crippen LogP contribution in [0.15, 0.2) is 47.2 Å². The van der Waals surface area contributed by atoms with Crippen LogP contribution in [-0.4, -0.2) is 64.5 Å². The summed E-state index contributed by atoms with van der Waals surface area (Å²) in [5, 5.41) is 1.29. The lowest BCUT2D eigenvalue weighted by atomic mass is 10.0. The van der Waals surface area contributed by atoms with Gasteiger partial charge in [0.05, 0.1) is 33.7 Å². The highest BCUT2D eigenvalue weighted by atomic mass is 35.5. The topological polar surface area (TPSA) is 111 Å². The highest BCUT2D eigenvalue weighted by Crippen LogP contribution is 2.46. The van der Waals surface area contributed by atoms with E-state index in [1.165, 1.54) is 27.1 Å². The van der Waals surface area contributed by atoms with Crippen LogP contribution >= 0.6 is 23.2 Å². The van der Waals surface area contributed by atoms with Gasteiger partial charge in [-0.3, -0.25) is 4.98 Å². The van der Waals surface area contributed by atoms with Gasteiger partial charge in [-0.05, 0) is 36.6 Å². The molecule has 1 aromatic carbocycles. The van der Waals surface area contributed by atoms with Gasteiger partial charge in [0.25, 0.3) is 0 Å². The Morgan fingerprint density at radius 3 is 2.65 bits per heavy atom. The fraction of sp³-hybridized carbons (Fsp3) is 0.310. The Morgan fingerprint density at radius 1 is 1.19 bits per heavy atom. The van der Waals surface area contributed by atoms with E-state index in [2.05, 4.69) is 16.5 Å². The number of hydrogen-bond acceptors (Lipinski definition) is 8. The summed E-state index contributed by atoms with van der Waals surface area (Å²) in [4.78, 5) is 29.8. The Bertz CT molecular complexity index is 1960. The maximum Gasteiger partial charge on any atom is 0.355 e. The molecule has 0 aliphatic carbocycles. The van der Waals surface area contributed by atoms with Crippen molar-refractivity contribution in [1.29, 1.82) is 0 Å². The van der Waals surface area contributed by atoms with Crippen molar-refractivity contribution in [2.24, 2.45) is 0 Å². The van der Waals surface area contributed by atoms with Crippen molar-refractivity contribution in [2.45, 2.75) is 32.7 Å². The monoisotopic (exact) mass is 644 g/mol. The van der Waals surface area contributed by atoms with E-state index in [9.17, 15) is 13.2 Å². The van der Waals surface area contributed by atoms with Gasteiger partial charge in [-0.25, -0.2) is 27.2 Å². The summed E-state index contributed by atoms with van der Waals surface area (Å²) in [7, 11) is -3.70. The quantitative estimate of drug-likeness (QED) is 0.296. The molecule has 3 aromatic heterocycles. The molecule has 0 bridgehead atoms. The van der Waals surface area contributed by atoms with Crippen LogP contribution in [-0.2, 0) is 10.0 Å². The summed E-state index contributed by atoms with van der Waals surface area (Å²) in [6.45, 7) is 9.61. The van der Waals surface area contributed by atoms with E-state index in [4.69, 9.17) is 32.9 Å². The van der Waals surface area contributed by atoms with Gasteiger partial charge in [0.1, 0.15) is 28.7 Å². The first-order valence-corrected chi connectivity index (χ1v) is 15.8. The molecule has 6 rings (SSSR count). The largest absolute Gasteiger partial charge is 0.489 e. The van der Waals surface area contributed by atoms with E-state index in [1.54, 1.807) is 12.3 Å². The van der Waals surface area contributed by atoms with Crippen LogP contribution in [0.2, 0.25) is 10.0 Å². The number of aryl methyl sites for hydroxylation is 1. The molecule has 10 nitrogen and oxygen atoms in total. The standard InChI is InChI=1S/C29H27Cl2FN6O4S/c1-5-43(40,41)36-11-12-37-17(13-36)14-42-26-21-27(37)35-29(39)38(25-16(4)9-10-33-23(25)15(2)3)28(21)34-24(22(26)31)20-18(30)7-6-8-19(20)32/h5-10,15,17H,1,11-14H2,2-4H3. The van der Waals surface area contributed by atoms with Crippen LogP contribution in [0, 0.1) is 12.7 Å². The van der Waals surface area contributed by atoms with Gasteiger partial charge in [-0.2, -0.15) is 9.29 Å². The first kappa shape index (κ1) is 29.5. The summed E-state index contributed by atoms with van der Waals surface area (Å²) in [5.74, 6) is -0.344. The molecule has 4 aromatic rings. The van der Waals surface area contributed by atoms with Crippen LogP contribution in [0.4, 0.5) is 10.2 Å². The van der Waals surface area contributed by atoms with Crippen molar-refractivity contribution < 1.29 is 17.5 Å². The number of halogens is 3. The number of hydrogen-bond donors (Lipinski definition) is 0. The first-order chi connectivity index (χ1) is 20.4. The first-order valence-electron chi connectivity index (χ1n) is 13.5. The molecule has 1 atom stereocenters. The molecule has 43 heavy (non-hydrogen) atoms. The summed E-state index contributed by atoms with van der Waals surface area (Å²) >= 11 is 13.4. The number of nitrogens with zero attached hydrogens (tertiary/aromatic N) is 6. The highest BCUT2D eigenvalue weighted by molar-refractivity contribution is 7.92. The highest BCUT2D eigenvalue weighted by Gasteiger charge is 2.39. The van der Waals surface area contributed by atoms with Crippen molar-refractivity contribution in [3.8, 4) is 22.7 Å². The number of piperazine rings is 1. The molecular weight excluding hydrogens is 618 g/mol. The average Bonchev–Trinajstić information content (AvgIpc) is 3.13.